The van der Waals surface area contributed by atoms with Gasteiger partial charge in [0, 0.05) is 38.7 Å². The van der Waals surface area contributed by atoms with Gasteiger partial charge in [0.15, 0.2) is 11.6 Å². The molecular weight excluding hydrogens is 344 g/mol. The summed E-state index contributed by atoms with van der Waals surface area (Å²) in [6.45, 7) is 2.60. The lowest BCUT2D eigenvalue weighted by atomic mass is 9.97. The van der Waals surface area contributed by atoms with Gasteiger partial charge in [0.25, 0.3) is 5.91 Å². The number of rotatable bonds is 3. The van der Waals surface area contributed by atoms with Crippen molar-refractivity contribution in [3.8, 4) is 0 Å². The lowest BCUT2D eigenvalue weighted by molar-refractivity contribution is -0.133. The Hall–Kier alpha value is -2.06. The first-order valence-corrected chi connectivity index (χ1v) is 8.88. The molecule has 140 valence electrons. The standard InChI is InChI=1S/C18H21F2N3O3/c19-14-2-1-12(9-15(14)20)10-22-6-3-13(4-7-22)23-16(24)18(21-17(23)25)5-8-26-11-18/h1-2,9,13H,3-8,10-11H2,(H,21,25). The van der Waals surface area contributed by atoms with Gasteiger partial charge in [-0.2, -0.15) is 0 Å². The molecule has 1 atom stereocenters. The Kier molecular flexibility index (Phi) is 4.40. The molecule has 1 N–H and O–H groups in total. The van der Waals surface area contributed by atoms with E-state index in [-0.39, 0.29) is 24.6 Å². The first-order valence-electron chi connectivity index (χ1n) is 8.88. The second-order valence-electron chi connectivity index (χ2n) is 7.25. The number of amides is 3. The molecule has 6 nitrogen and oxygen atoms in total. The molecule has 1 aromatic rings. The van der Waals surface area contributed by atoms with Crippen LogP contribution in [0.3, 0.4) is 0 Å². The highest BCUT2D eigenvalue weighted by Gasteiger charge is 2.55. The maximum Gasteiger partial charge on any atom is 0.325 e. The Morgan fingerprint density at radius 2 is 1.96 bits per heavy atom. The van der Waals surface area contributed by atoms with Gasteiger partial charge >= 0.3 is 6.03 Å². The van der Waals surface area contributed by atoms with E-state index >= 15 is 0 Å². The number of halogens is 2. The van der Waals surface area contributed by atoms with Crippen molar-refractivity contribution in [2.75, 3.05) is 26.3 Å². The molecule has 3 aliphatic rings. The Bertz CT molecular complexity index is 728. The Balaban J connectivity index is 1.37. The van der Waals surface area contributed by atoms with E-state index in [9.17, 15) is 18.4 Å². The van der Waals surface area contributed by atoms with Crippen LogP contribution in [0, 0.1) is 11.6 Å². The van der Waals surface area contributed by atoms with Crippen LogP contribution in [-0.4, -0.2) is 59.6 Å². The van der Waals surface area contributed by atoms with Crippen molar-refractivity contribution in [1.29, 1.82) is 0 Å². The van der Waals surface area contributed by atoms with Gasteiger partial charge in [-0.15, -0.1) is 0 Å². The molecular formula is C18H21F2N3O3. The molecule has 0 aliphatic carbocycles. The first-order chi connectivity index (χ1) is 12.5. The fourth-order valence-corrected chi connectivity index (χ4v) is 4.04. The summed E-state index contributed by atoms with van der Waals surface area (Å²) in [4.78, 5) is 28.6. The average molecular weight is 365 g/mol. The van der Waals surface area contributed by atoms with Crippen molar-refractivity contribution < 1.29 is 23.1 Å². The Morgan fingerprint density at radius 1 is 1.19 bits per heavy atom. The maximum atomic E-state index is 13.3. The lowest BCUT2D eigenvalue weighted by Gasteiger charge is -2.35. The van der Waals surface area contributed by atoms with Gasteiger partial charge in [-0.05, 0) is 30.5 Å². The molecule has 26 heavy (non-hydrogen) atoms. The molecule has 0 saturated carbocycles. The normalized spacial score (nSPS) is 27.5. The van der Waals surface area contributed by atoms with Gasteiger partial charge < -0.3 is 10.1 Å². The number of carbonyl (C=O) groups excluding carboxylic acids is 2. The minimum absolute atomic E-state index is 0.135. The third-order valence-corrected chi connectivity index (χ3v) is 5.53. The van der Waals surface area contributed by atoms with Gasteiger partial charge in [0.1, 0.15) is 5.54 Å². The summed E-state index contributed by atoms with van der Waals surface area (Å²) in [7, 11) is 0. The minimum atomic E-state index is -0.875. The van der Waals surface area contributed by atoms with Crippen molar-refractivity contribution in [1.82, 2.24) is 15.1 Å². The van der Waals surface area contributed by atoms with E-state index in [0.717, 1.165) is 6.07 Å². The van der Waals surface area contributed by atoms with E-state index in [1.165, 1.54) is 11.0 Å². The molecule has 3 saturated heterocycles. The SMILES string of the molecule is O=C1NC2(CCOC2)C(=O)N1C1CCN(Cc2ccc(F)c(F)c2)CC1. The minimum Gasteiger partial charge on any atom is -0.378 e. The highest BCUT2D eigenvalue weighted by Crippen LogP contribution is 2.31. The third-order valence-electron chi connectivity index (χ3n) is 5.53. The lowest BCUT2D eigenvalue weighted by Crippen LogP contribution is -2.50. The van der Waals surface area contributed by atoms with E-state index in [2.05, 4.69) is 10.2 Å². The molecule has 3 fully saturated rings. The number of carbonyl (C=O) groups is 2. The van der Waals surface area contributed by atoms with E-state index in [4.69, 9.17) is 4.74 Å². The monoisotopic (exact) mass is 365 g/mol. The van der Waals surface area contributed by atoms with Crippen LogP contribution in [0.15, 0.2) is 18.2 Å². The molecule has 3 amide bonds. The largest absolute Gasteiger partial charge is 0.378 e. The maximum absolute atomic E-state index is 13.3. The number of ether oxygens (including phenoxy) is 1. The van der Waals surface area contributed by atoms with Gasteiger partial charge in [0.2, 0.25) is 0 Å². The number of benzene rings is 1. The van der Waals surface area contributed by atoms with E-state index < -0.39 is 17.2 Å². The van der Waals surface area contributed by atoms with Crippen LogP contribution >= 0.6 is 0 Å². The summed E-state index contributed by atoms with van der Waals surface area (Å²) >= 11 is 0. The summed E-state index contributed by atoms with van der Waals surface area (Å²) < 4.78 is 31.7. The Labute approximate surface area is 150 Å². The summed E-state index contributed by atoms with van der Waals surface area (Å²) in [5.74, 6) is -1.88. The summed E-state index contributed by atoms with van der Waals surface area (Å²) in [6, 6.07) is 3.45. The van der Waals surface area contributed by atoms with Crippen LogP contribution in [-0.2, 0) is 16.1 Å². The van der Waals surface area contributed by atoms with Gasteiger partial charge in [0.05, 0.1) is 6.61 Å². The van der Waals surface area contributed by atoms with Crippen LogP contribution in [0.1, 0.15) is 24.8 Å². The number of nitrogens with one attached hydrogen (secondary N) is 1. The number of hydrogen-bond donors (Lipinski definition) is 1. The quantitative estimate of drug-likeness (QED) is 0.828. The number of hydrogen-bond acceptors (Lipinski definition) is 4. The highest BCUT2D eigenvalue weighted by atomic mass is 19.2. The molecule has 0 bridgehead atoms. The highest BCUT2D eigenvalue weighted by molar-refractivity contribution is 6.07. The Morgan fingerprint density at radius 3 is 2.62 bits per heavy atom. The van der Waals surface area contributed by atoms with Gasteiger partial charge in [-0.25, -0.2) is 13.6 Å². The number of nitrogens with zero attached hydrogens (tertiary/aromatic N) is 2. The van der Waals surface area contributed by atoms with Gasteiger partial charge in [-0.3, -0.25) is 14.6 Å². The van der Waals surface area contributed by atoms with Crippen molar-refractivity contribution in [2.45, 2.75) is 37.4 Å². The molecule has 3 heterocycles. The van der Waals surface area contributed by atoms with Crippen LogP contribution in [0.25, 0.3) is 0 Å². The van der Waals surface area contributed by atoms with Crippen LogP contribution < -0.4 is 5.32 Å². The smallest absolute Gasteiger partial charge is 0.325 e. The first kappa shape index (κ1) is 17.4. The van der Waals surface area contributed by atoms with E-state index in [1.54, 1.807) is 6.07 Å². The number of urea groups is 1. The van der Waals surface area contributed by atoms with Crippen LogP contribution in [0.5, 0.6) is 0 Å². The second kappa shape index (κ2) is 6.59. The summed E-state index contributed by atoms with van der Waals surface area (Å²) in [5.41, 5.74) is -0.167. The molecule has 3 aliphatic heterocycles. The molecule has 1 unspecified atom stereocenters. The van der Waals surface area contributed by atoms with Crippen molar-refractivity contribution in [3.63, 3.8) is 0 Å². The zero-order chi connectivity index (χ0) is 18.3. The van der Waals surface area contributed by atoms with Crippen molar-refractivity contribution in [2.24, 2.45) is 0 Å². The topological polar surface area (TPSA) is 61.9 Å². The van der Waals surface area contributed by atoms with Crippen molar-refractivity contribution >= 4 is 11.9 Å². The van der Waals surface area contributed by atoms with E-state index in [1.807, 2.05) is 0 Å². The molecule has 0 radical (unpaired) electrons. The second-order valence-corrected chi connectivity index (χ2v) is 7.25. The molecule has 1 aromatic carbocycles. The van der Waals surface area contributed by atoms with Crippen LogP contribution in [0.2, 0.25) is 0 Å². The molecule has 0 aromatic heterocycles. The number of piperidine rings is 1. The molecule has 8 heteroatoms. The summed E-state index contributed by atoms with van der Waals surface area (Å²) in [6.07, 6.45) is 1.85. The fourth-order valence-electron chi connectivity index (χ4n) is 4.04. The average Bonchev–Trinajstić information content (AvgIpc) is 3.18. The van der Waals surface area contributed by atoms with Crippen LogP contribution in [0.4, 0.5) is 13.6 Å². The summed E-state index contributed by atoms with van der Waals surface area (Å²) in [5, 5.41) is 2.81. The number of likely N-dealkylation sites (tertiary alicyclic amines) is 1. The van der Waals surface area contributed by atoms with Crippen molar-refractivity contribution in [3.05, 3.63) is 35.4 Å². The molecule has 4 rings (SSSR count). The zero-order valence-corrected chi connectivity index (χ0v) is 14.3. The molecule has 1 spiro atoms. The number of imide groups is 1. The predicted molar refractivity (Wildman–Crippen MR) is 88.2 cm³/mol. The predicted octanol–water partition coefficient (Wildman–Crippen LogP) is 1.64. The van der Waals surface area contributed by atoms with E-state index in [0.29, 0.717) is 51.1 Å². The fraction of sp³-hybridized carbons (Fsp3) is 0.556. The third kappa shape index (κ3) is 2.97. The zero-order valence-electron chi connectivity index (χ0n) is 14.3. The van der Waals surface area contributed by atoms with Gasteiger partial charge in [-0.1, -0.05) is 6.07 Å².